The Labute approximate surface area is 138 Å². The molecule has 116 valence electrons. The number of hydrogen-bond acceptors (Lipinski definition) is 1. The minimum absolute atomic E-state index is 0.107. The van der Waals surface area contributed by atoms with Gasteiger partial charge in [0.05, 0.1) is 0 Å². The van der Waals surface area contributed by atoms with Gasteiger partial charge in [0, 0.05) is 5.30 Å². The van der Waals surface area contributed by atoms with Crippen LogP contribution < -0.4 is 5.30 Å². The number of thiocarbonyl (C=S) groups is 1. The van der Waals surface area contributed by atoms with Crippen LogP contribution in [0.25, 0.3) is 0 Å². The first kappa shape index (κ1) is 18.6. The van der Waals surface area contributed by atoms with Gasteiger partial charge < -0.3 is 0 Å². The molecule has 0 unspecified atom stereocenters. The molecule has 0 amide bonds. The van der Waals surface area contributed by atoms with Gasteiger partial charge in [0.25, 0.3) is 0 Å². The summed E-state index contributed by atoms with van der Waals surface area (Å²) in [6.45, 7) is 20.5. The van der Waals surface area contributed by atoms with Crippen LogP contribution in [0.2, 0.25) is 0 Å². The molecule has 1 aromatic rings. The third kappa shape index (κ3) is 4.49. The molecule has 1 aromatic carbocycles. The van der Waals surface area contributed by atoms with Crippen molar-refractivity contribution in [3.8, 4) is 0 Å². The van der Waals surface area contributed by atoms with E-state index in [9.17, 15) is 0 Å². The molecule has 0 aliphatic heterocycles. The van der Waals surface area contributed by atoms with Gasteiger partial charge >= 0.3 is 0 Å². The second-order valence-corrected chi connectivity index (χ2v) is 10.3. The first-order valence-electron chi connectivity index (χ1n) is 7.56. The molecule has 0 fully saturated rings. The predicted octanol–water partition coefficient (Wildman–Crippen LogP) is 5.98. The fourth-order valence-corrected chi connectivity index (χ4v) is 3.78. The van der Waals surface area contributed by atoms with E-state index in [0.717, 1.165) is 8.20 Å². The molecule has 0 radical (unpaired) electrons. The SMILES string of the molecule is CC(C)(C)c1cc(C(C)(C)C)c(P=C=S)c(C(C)(C)C)c1. The van der Waals surface area contributed by atoms with Gasteiger partial charge in [-0.05, 0) is 58.1 Å². The molecular weight excluding hydrogens is 291 g/mol. The van der Waals surface area contributed by atoms with Gasteiger partial charge in [0.15, 0.2) is 0 Å². The normalized spacial score (nSPS) is 13.4. The largest absolute Gasteiger partial charge is 0.0561 e. The topological polar surface area (TPSA) is 0 Å². The van der Waals surface area contributed by atoms with Crippen LogP contribution in [0.4, 0.5) is 0 Å². The van der Waals surface area contributed by atoms with Crippen molar-refractivity contribution in [2.75, 3.05) is 0 Å². The summed E-state index contributed by atoms with van der Waals surface area (Å²) in [6.07, 6.45) is 0. The molecule has 0 saturated carbocycles. The van der Waals surface area contributed by atoms with E-state index in [-0.39, 0.29) is 16.2 Å². The molecule has 2 heteroatoms. The average molecular weight is 320 g/mol. The summed E-state index contributed by atoms with van der Waals surface area (Å²) in [5.74, 6) is 0. The van der Waals surface area contributed by atoms with Crippen molar-refractivity contribution < 1.29 is 0 Å². The zero-order chi connectivity index (χ0) is 16.6. The van der Waals surface area contributed by atoms with Gasteiger partial charge in [-0.3, -0.25) is 0 Å². The Morgan fingerprint density at radius 2 is 1.14 bits per heavy atom. The maximum absolute atomic E-state index is 5.04. The van der Waals surface area contributed by atoms with Gasteiger partial charge in [-0.1, -0.05) is 74.4 Å². The number of rotatable bonds is 1. The van der Waals surface area contributed by atoms with E-state index < -0.39 is 0 Å². The molecule has 0 aliphatic rings. The van der Waals surface area contributed by atoms with E-state index in [1.165, 1.54) is 22.0 Å². The van der Waals surface area contributed by atoms with Gasteiger partial charge in [0.2, 0.25) is 0 Å². The molecule has 21 heavy (non-hydrogen) atoms. The lowest BCUT2D eigenvalue weighted by Crippen LogP contribution is -2.29. The summed E-state index contributed by atoms with van der Waals surface area (Å²) >= 11 is 5.04. The van der Waals surface area contributed by atoms with Crippen molar-refractivity contribution in [3.05, 3.63) is 28.8 Å². The lowest BCUT2D eigenvalue weighted by molar-refractivity contribution is 0.554. The van der Waals surface area contributed by atoms with Crippen molar-refractivity contribution in [1.29, 1.82) is 0 Å². The van der Waals surface area contributed by atoms with Crippen LogP contribution >= 0.6 is 20.4 Å². The Morgan fingerprint density at radius 1 is 0.762 bits per heavy atom. The molecule has 0 aliphatic carbocycles. The van der Waals surface area contributed by atoms with Crippen LogP contribution in [-0.2, 0) is 16.2 Å². The monoisotopic (exact) mass is 320 g/mol. The van der Waals surface area contributed by atoms with Gasteiger partial charge in [-0.15, -0.1) is 0 Å². The first-order chi connectivity index (χ1) is 9.28. The van der Waals surface area contributed by atoms with E-state index in [0.29, 0.717) is 0 Å². The van der Waals surface area contributed by atoms with Crippen molar-refractivity contribution in [2.24, 2.45) is 0 Å². The van der Waals surface area contributed by atoms with E-state index in [1.54, 1.807) is 0 Å². The zero-order valence-electron chi connectivity index (χ0n) is 15.0. The summed E-state index contributed by atoms with van der Waals surface area (Å²) in [5.41, 5.74) is 4.57. The summed E-state index contributed by atoms with van der Waals surface area (Å²) in [6, 6.07) is 4.76. The van der Waals surface area contributed by atoms with E-state index in [4.69, 9.17) is 12.2 Å². The second-order valence-electron chi connectivity index (χ2n) is 8.87. The first-order valence-corrected chi connectivity index (χ1v) is 8.86. The second kappa shape index (κ2) is 5.96. The van der Waals surface area contributed by atoms with E-state index >= 15 is 0 Å². The summed E-state index contributed by atoms with van der Waals surface area (Å²) in [4.78, 5) is 0. The van der Waals surface area contributed by atoms with Crippen molar-refractivity contribution >= 4 is 30.5 Å². The molecule has 0 N–H and O–H groups in total. The summed E-state index contributed by atoms with van der Waals surface area (Å²) in [7, 11) is 1.02. The smallest absolute Gasteiger partial charge is 0.0180 e. The maximum atomic E-state index is 5.04. The standard InChI is InChI=1S/C19H29PS/c1-17(2,3)13-10-14(18(4,5)6)16(20-12-21)15(11-13)19(7,8)9/h10-11H,1-9H3. The van der Waals surface area contributed by atoms with E-state index in [1.807, 2.05) is 0 Å². The average Bonchev–Trinajstić information content (AvgIpc) is 2.24. The molecule has 0 spiro atoms. The lowest BCUT2D eigenvalue weighted by atomic mass is 9.75. The zero-order valence-corrected chi connectivity index (χ0v) is 16.7. The maximum Gasteiger partial charge on any atom is 0.0180 e. The van der Waals surface area contributed by atoms with Crippen LogP contribution in [0.5, 0.6) is 0 Å². The third-order valence-electron chi connectivity index (χ3n) is 3.75. The third-order valence-corrected chi connectivity index (χ3v) is 4.82. The molecule has 0 nitrogen and oxygen atoms in total. The predicted molar refractivity (Wildman–Crippen MR) is 102 cm³/mol. The van der Waals surface area contributed by atoms with Gasteiger partial charge in [-0.25, -0.2) is 0 Å². The fourth-order valence-electron chi connectivity index (χ4n) is 2.38. The Hall–Kier alpha value is -0.480. The minimum atomic E-state index is 0.107. The molecule has 0 bridgehead atoms. The van der Waals surface area contributed by atoms with Gasteiger partial charge in [0.1, 0.15) is 0 Å². The van der Waals surface area contributed by atoms with Crippen molar-refractivity contribution in [3.63, 3.8) is 0 Å². The highest BCUT2D eigenvalue weighted by Crippen LogP contribution is 2.34. The minimum Gasteiger partial charge on any atom is -0.0561 e. The van der Waals surface area contributed by atoms with Crippen molar-refractivity contribution in [1.82, 2.24) is 0 Å². The Kier molecular flexibility index (Phi) is 5.27. The highest BCUT2D eigenvalue weighted by Gasteiger charge is 2.28. The van der Waals surface area contributed by atoms with Crippen LogP contribution in [0.3, 0.4) is 0 Å². The van der Waals surface area contributed by atoms with Crippen LogP contribution in [0, 0.1) is 0 Å². The quantitative estimate of drug-likeness (QED) is 0.453. The molecular formula is C19H29PS. The molecule has 0 atom stereocenters. The van der Waals surface area contributed by atoms with Crippen LogP contribution in [-0.4, -0.2) is 4.74 Å². The Bertz CT molecular complexity index is 536. The Balaban J connectivity index is 3.88. The molecule has 0 aromatic heterocycles. The fraction of sp³-hybridized carbons (Fsp3) is 0.632. The van der Waals surface area contributed by atoms with Crippen molar-refractivity contribution in [2.45, 2.75) is 78.6 Å². The molecule has 1 rings (SSSR count). The summed E-state index contributed by atoms with van der Waals surface area (Å²) < 4.78 is 2.92. The highest BCUT2D eigenvalue weighted by molar-refractivity contribution is 7.84. The Morgan fingerprint density at radius 3 is 1.38 bits per heavy atom. The van der Waals surface area contributed by atoms with E-state index in [2.05, 4.69) is 79.2 Å². The van der Waals surface area contributed by atoms with Crippen LogP contribution in [0.1, 0.15) is 79.0 Å². The number of hydrogen-bond donors (Lipinski definition) is 0. The number of benzene rings is 1. The highest BCUT2D eigenvalue weighted by atomic mass is 32.1. The van der Waals surface area contributed by atoms with Gasteiger partial charge in [-0.2, -0.15) is 0 Å². The molecule has 0 heterocycles. The van der Waals surface area contributed by atoms with Crippen LogP contribution in [0.15, 0.2) is 12.1 Å². The summed E-state index contributed by atoms with van der Waals surface area (Å²) in [5, 5.41) is 1.35. The molecule has 0 saturated heterocycles. The lowest BCUT2D eigenvalue weighted by Gasteiger charge is -2.32.